The Morgan fingerprint density at radius 2 is 2.03 bits per heavy atom. The van der Waals surface area contributed by atoms with Crippen molar-refractivity contribution in [2.75, 3.05) is 12.4 Å². The van der Waals surface area contributed by atoms with Crippen LogP contribution < -0.4 is 10.1 Å². The lowest BCUT2D eigenvalue weighted by Crippen LogP contribution is -2.12. The van der Waals surface area contributed by atoms with Crippen LogP contribution in [0, 0.1) is 5.82 Å². The lowest BCUT2D eigenvalue weighted by Gasteiger charge is -2.16. The Kier molecular flexibility index (Phi) is 5.74. The van der Waals surface area contributed by atoms with E-state index in [9.17, 15) is 9.50 Å². The highest BCUT2D eigenvalue weighted by molar-refractivity contribution is 6.29. The fourth-order valence-electron chi connectivity index (χ4n) is 4.10. The average molecular weight is 469 g/mol. The summed E-state index contributed by atoms with van der Waals surface area (Å²) in [6, 6.07) is 11.9. The molecular weight excluding hydrogens is 447 g/mol. The largest absolute Gasteiger partial charge is 0.494 e. The van der Waals surface area contributed by atoms with Gasteiger partial charge in [-0.25, -0.2) is 14.1 Å². The molecule has 0 bridgehead atoms. The number of hydrogen-bond acceptors (Lipinski definition) is 6. The van der Waals surface area contributed by atoms with Crippen molar-refractivity contribution in [3.8, 4) is 11.4 Å². The van der Waals surface area contributed by atoms with Crippen LogP contribution in [0.4, 0.5) is 16.0 Å². The first kappa shape index (κ1) is 21.4. The third kappa shape index (κ3) is 4.42. The molecule has 0 spiro atoms. The van der Waals surface area contributed by atoms with Crippen LogP contribution in [-0.2, 0) is 6.54 Å². The van der Waals surface area contributed by atoms with Crippen LogP contribution in [0.2, 0.25) is 5.15 Å². The molecule has 1 aliphatic rings. The van der Waals surface area contributed by atoms with E-state index in [1.807, 2.05) is 22.9 Å². The second kappa shape index (κ2) is 8.84. The number of methoxy groups -OCH3 is 1. The first-order valence-corrected chi connectivity index (χ1v) is 10.9. The average Bonchev–Trinajstić information content (AvgIpc) is 3.39. The Morgan fingerprint density at radius 3 is 2.76 bits per heavy atom. The van der Waals surface area contributed by atoms with Crippen LogP contribution in [0.15, 0.2) is 55.0 Å². The molecular formula is C23H22ClFN6O2. The number of imidazole rings is 1. The molecule has 0 unspecified atom stereocenters. The highest BCUT2D eigenvalue weighted by Crippen LogP contribution is 2.33. The van der Waals surface area contributed by atoms with E-state index in [0.29, 0.717) is 36.2 Å². The second-order valence-corrected chi connectivity index (χ2v) is 8.30. The molecule has 2 aromatic carbocycles. The molecule has 33 heavy (non-hydrogen) atoms. The molecule has 2 N–H and O–H groups in total. The molecule has 0 saturated carbocycles. The minimum absolute atomic E-state index is 0.186. The zero-order chi connectivity index (χ0) is 22.9. The molecule has 4 aromatic rings. The van der Waals surface area contributed by atoms with Crippen molar-refractivity contribution in [3.63, 3.8) is 0 Å². The van der Waals surface area contributed by atoms with Gasteiger partial charge >= 0.3 is 0 Å². The van der Waals surface area contributed by atoms with Crippen LogP contribution in [0.3, 0.4) is 0 Å². The molecule has 0 aliphatic carbocycles. The number of aryl methyl sites for hydroxylation is 1. The molecule has 1 aliphatic heterocycles. The first-order chi connectivity index (χ1) is 16.0. The number of aliphatic hydroxyl groups is 1. The van der Waals surface area contributed by atoms with Gasteiger partial charge in [0.1, 0.15) is 28.9 Å². The number of rotatable bonds is 5. The zero-order valence-corrected chi connectivity index (χ0v) is 18.6. The van der Waals surface area contributed by atoms with E-state index < -0.39 is 6.10 Å². The predicted molar refractivity (Wildman–Crippen MR) is 122 cm³/mol. The smallest absolute Gasteiger partial charge is 0.246 e. The van der Waals surface area contributed by atoms with Gasteiger partial charge in [0.2, 0.25) is 5.95 Å². The summed E-state index contributed by atoms with van der Waals surface area (Å²) < 4.78 is 22.6. The van der Waals surface area contributed by atoms with Gasteiger partial charge in [-0.2, -0.15) is 4.98 Å². The zero-order valence-electron chi connectivity index (χ0n) is 17.8. The van der Waals surface area contributed by atoms with Crippen molar-refractivity contribution in [1.29, 1.82) is 0 Å². The second-order valence-electron chi connectivity index (χ2n) is 7.91. The van der Waals surface area contributed by atoms with Gasteiger partial charge < -0.3 is 19.7 Å². The molecule has 170 valence electrons. The fourth-order valence-corrected chi connectivity index (χ4v) is 4.25. The number of benzene rings is 2. The number of aromatic nitrogens is 5. The van der Waals surface area contributed by atoms with Crippen molar-refractivity contribution in [2.24, 2.45) is 0 Å². The number of nitrogens with one attached hydrogen (secondary N) is 1. The standard InChI is InChI=1S/C23H22ClFN6O2/c1-33-20-10-16(6-7-19(20)30-12-21(24)26-13-30)27-23-28-22-18(14-2-4-15(25)5-3-14)11-17(32)8-9-31(22)29-23/h2-7,10,12-13,17-18,32H,8-9,11H2,1H3,(H,27,29)/t17-,18-/m1/s1. The summed E-state index contributed by atoms with van der Waals surface area (Å²) in [5.41, 5.74) is 2.44. The Bertz CT molecular complexity index is 1270. The molecule has 0 amide bonds. The number of fused-ring (bicyclic) bond motifs is 1. The highest BCUT2D eigenvalue weighted by Gasteiger charge is 2.28. The van der Waals surface area contributed by atoms with Crippen molar-refractivity contribution in [1.82, 2.24) is 24.3 Å². The predicted octanol–water partition coefficient (Wildman–Crippen LogP) is 4.30. The lowest BCUT2D eigenvalue weighted by molar-refractivity contribution is 0.150. The van der Waals surface area contributed by atoms with Crippen molar-refractivity contribution >= 4 is 23.2 Å². The molecule has 8 nitrogen and oxygen atoms in total. The Morgan fingerprint density at radius 1 is 1.21 bits per heavy atom. The van der Waals surface area contributed by atoms with Crippen molar-refractivity contribution < 1.29 is 14.2 Å². The van der Waals surface area contributed by atoms with Crippen LogP contribution in [0.1, 0.15) is 30.1 Å². The van der Waals surface area contributed by atoms with Gasteiger partial charge in [-0.05, 0) is 42.7 Å². The van der Waals surface area contributed by atoms with Crippen molar-refractivity contribution in [3.05, 3.63) is 77.3 Å². The molecule has 2 atom stereocenters. The number of halogens is 2. The van der Waals surface area contributed by atoms with E-state index in [1.165, 1.54) is 12.1 Å². The molecule has 10 heteroatoms. The van der Waals surface area contributed by atoms with E-state index in [4.69, 9.17) is 21.3 Å². The maximum Gasteiger partial charge on any atom is 0.246 e. The molecule has 5 rings (SSSR count). The summed E-state index contributed by atoms with van der Waals surface area (Å²) >= 11 is 5.94. The van der Waals surface area contributed by atoms with Gasteiger partial charge in [0.05, 0.1) is 18.9 Å². The molecule has 0 fully saturated rings. The fraction of sp³-hybridized carbons (Fsp3) is 0.261. The lowest BCUT2D eigenvalue weighted by atomic mass is 9.92. The van der Waals surface area contributed by atoms with E-state index in [-0.39, 0.29) is 11.7 Å². The maximum atomic E-state index is 13.4. The van der Waals surface area contributed by atoms with E-state index in [2.05, 4.69) is 15.4 Å². The minimum Gasteiger partial charge on any atom is -0.494 e. The third-order valence-electron chi connectivity index (χ3n) is 5.73. The quantitative estimate of drug-likeness (QED) is 0.454. The van der Waals surface area contributed by atoms with Gasteiger partial charge in [-0.1, -0.05) is 23.7 Å². The Hall–Kier alpha value is -3.43. The molecule has 0 radical (unpaired) electrons. The van der Waals surface area contributed by atoms with Gasteiger partial charge in [0.15, 0.2) is 0 Å². The summed E-state index contributed by atoms with van der Waals surface area (Å²) in [4.78, 5) is 8.76. The van der Waals surface area contributed by atoms with Gasteiger partial charge in [-0.15, -0.1) is 5.10 Å². The normalized spacial score (nSPS) is 17.9. The van der Waals surface area contributed by atoms with Crippen LogP contribution >= 0.6 is 11.6 Å². The molecule has 3 heterocycles. The number of hydrogen-bond donors (Lipinski definition) is 2. The Balaban J connectivity index is 1.44. The summed E-state index contributed by atoms with van der Waals surface area (Å²) in [5.74, 6) is 1.31. The minimum atomic E-state index is -0.478. The maximum absolute atomic E-state index is 13.4. The third-order valence-corrected chi connectivity index (χ3v) is 5.93. The van der Waals surface area contributed by atoms with Gasteiger partial charge in [0.25, 0.3) is 0 Å². The van der Waals surface area contributed by atoms with E-state index in [1.54, 1.807) is 36.3 Å². The summed E-state index contributed by atoms with van der Waals surface area (Å²) in [5, 5.41) is 18.6. The Labute approximate surface area is 194 Å². The SMILES string of the molecule is COc1cc(Nc2nc3n(n2)CC[C@@H](O)C[C@@H]3c2ccc(F)cc2)ccc1-n1cnc(Cl)c1. The van der Waals surface area contributed by atoms with Crippen LogP contribution in [0.5, 0.6) is 5.75 Å². The number of anilines is 2. The van der Waals surface area contributed by atoms with Gasteiger partial charge in [0, 0.05) is 30.4 Å². The first-order valence-electron chi connectivity index (χ1n) is 10.5. The molecule has 0 saturated heterocycles. The number of nitrogens with zero attached hydrogens (tertiary/aromatic N) is 5. The number of ether oxygens (including phenoxy) is 1. The van der Waals surface area contributed by atoms with Crippen molar-refractivity contribution in [2.45, 2.75) is 31.4 Å². The van der Waals surface area contributed by atoms with E-state index in [0.717, 1.165) is 22.8 Å². The van der Waals surface area contributed by atoms with Gasteiger partial charge in [-0.3, -0.25) is 0 Å². The summed E-state index contributed by atoms with van der Waals surface area (Å²) in [6.45, 7) is 0.548. The molecule has 2 aromatic heterocycles. The van der Waals surface area contributed by atoms with Crippen LogP contribution in [-0.4, -0.2) is 42.6 Å². The summed E-state index contributed by atoms with van der Waals surface area (Å²) in [7, 11) is 1.59. The number of aliphatic hydroxyl groups excluding tert-OH is 1. The summed E-state index contributed by atoms with van der Waals surface area (Å²) in [6.07, 6.45) is 3.91. The topological polar surface area (TPSA) is 90.0 Å². The van der Waals surface area contributed by atoms with E-state index >= 15 is 0 Å². The highest BCUT2D eigenvalue weighted by atomic mass is 35.5. The monoisotopic (exact) mass is 468 g/mol. The van der Waals surface area contributed by atoms with Crippen LogP contribution in [0.25, 0.3) is 5.69 Å².